The first-order valence-corrected chi connectivity index (χ1v) is 4.41. The van der Waals surface area contributed by atoms with Gasteiger partial charge in [0.15, 0.2) is 0 Å². The maximum absolute atomic E-state index is 5.21. The van der Waals surface area contributed by atoms with Crippen LogP contribution in [-0.4, -0.2) is 42.7 Å². The molecule has 0 radical (unpaired) electrons. The van der Waals surface area contributed by atoms with Crippen LogP contribution in [0.4, 0.5) is 11.9 Å². The summed E-state index contributed by atoms with van der Waals surface area (Å²) < 4.78 is 5.21. The molecule has 0 aliphatic carbocycles. The number of rotatable bonds is 4. The van der Waals surface area contributed by atoms with E-state index in [0.717, 1.165) is 0 Å². The van der Waals surface area contributed by atoms with Crippen LogP contribution in [-0.2, 0) is 0 Å². The third kappa shape index (κ3) is 2.45. The molecular weight excluding hydrogens is 182 g/mol. The zero-order chi connectivity index (χ0) is 10.6. The first kappa shape index (κ1) is 10.5. The van der Waals surface area contributed by atoms with Gasteiger partial charge in [-0.1, -0.05) is 0 Å². The van der Waals surface area contributed by atoms with Gasteiger partial charge in [-0.25, -0.2) is 0 Å². The van der Waals surface area contributed by atoms with Crippen LogP contribution >= 0.6 is 0 Å². The van der Waals surface area contributed by atoms with E-state index in [0.29, 0.717) is 24.5 Å². The Morgan fingerprint density at radius 2 is 2.00 bits per heavy atom. The van der Waals surface area contributed by atoms with Crippen molar-refractivity contribution < 1.29 is 4.74 Å². The van der Waals surface area contributed by atoms with Crippen molar-refractivity contribution in [1.82, 2.24) is 15.0 Å². The van der Waals surface area contributed by atoms with Gasteiger partial charge in [-0.05, 0) is 6.92 Å². The molecule has 0 unspecified atom stereocenters. The number of hydrogen-bond donors (Lipinski definition) is 1. The SMILES string of the molecule is CCOc1nc(NC)nc(N(C)C)n1. The summed E-state index contributed by atoms with van der Waals surface area (Å²) >= 11 is 0. The fraction of sp³-hybridized carbons (Fsp3) is 0.625. The van der Waals surface area contributed by atoms with Crippen LogP contribution in [0.2, 0.25) is 0 Å². The van der Waals surface area contributed by atoms with E-state index in [2.05, 4.69) is 20.3 Å². The molecule has 0 saturated carbocycles. The van der Waals surface area contributed by atoms with Crippen molar-refractivity contribution in [3.05, 3.63) is 0 Å². The molecule has 6 heteroatoms. The number of aromatic nitrogens is 3. The van der Waals surface area contributed by atoms with Gasteiger partial charge in [0.1, 0.15) is 0 Å². The Kier molecular flexibility index (Phi) is 3.44. The Morgan fingerprint density at radius 3 is 2.50 bits per heavy atom. The average Bonchev–Trinajstić information content (AvgIpc) is 2.17. The lowest BCUT2D eigenvalue weighted by molar-refractivity contribution is 0.312. The van der Waals surface area contributed by atoms with Crippen molar-refractivity contribution in [2.24, 2.45) is 0 Å². The lowest BCUT2D eigenvalue weighted by Gasteiger charge is -2.11. The van der Waals surface area contributed by atoms with E-state index < -0.39 is 0 Å². The van der Waals surface area contributed by atoms with Gasteiger partial charge < -0.3 is 15.0 Å². The van der Waals surface area contributed by atoms with Gasteiger partial charge in [-0.3, -0.25) is 0 Å². The van der Waals surface area contributed by atoms with E-state index in [-0.39, 0.29) is 0 Å². The van der Waals surface area contributed by atoms with Crippen LogP contribution in [0.3, 0.4) is 0 Å². The molecule has 0 bridgehead atoms. The fourth-order valence-electron chi connectivity index (χ4n) is 0.851. The minimum absolute atomic E-state index is 0.343. The molecule has 78 valence electrons. The van der Waals surface area contributed by atoms with Gasteiger partial charge in [0.25, 0.3) is 0 Å². The second-order valence-electron chi connectivity index (χ2n) is 2.82. The van der Waals surface area contributed by atoms with Gasteiger partial charge in [-0.2, -0.15) is 15.0 Å². The molecule has 1 rings (SSSR count). The molecule has 14 heavy (non-hydrogen) atoms. The predicted octanol–water partition coefficient (Wildman–Crippen LogP) is 0.378. The van der Waals surface area contributed by atoms with Crippen LogP contribution in [0.1, 0.15) is 6.92 Å². The molecule has 0 atom stereocenters. The molecule has 1 N–H and O–H groups in total. The topological polar surface area (TPSA) is 63.2 Å². The monoisotopic (exact) mass is 197 g/mol. The highest BCUT2D eigenvalue weighted by molar-refractivity contribution is 5.36. The molecule has 1 aromatic heterocycles. The Labute approximate surface area is 83.3 Å². The smallest absolute Gasteiger partial charge is 0.323 e. The predicted molar refractivity (Wildman–Crippen MR) is 54.9 cm³/mol. The van der Waals surface area contributed by atoms with E-state index in [9.17, 15) is 0 Å². The van der Waals surface area contributed by atoms with Crippen LogP contribution in [0.5, 0.6) is 6.01 Å². The minimum atomic E-state index is 0.343. The van der Waals surface area contributed by atoms with Crippen LogP contribution in [0.15, 0.2) is 0 Å². The number of anilines is 2. The van der Waals surface area contributed by atoms with Crippen molar-refractivity contribution in [2.75, 3.05) is 38.0 Å². The maximum atomic E-state index is 5.21. The number of ether oxygens (including phenoxy) is 1. The van der Waals surface area contributed by atoms with E-state index in [1.54, 1.807) is 11.9 Å². The summed E-state index contributed by atoms with van der Waals surface area (Å²) in [6.45, 7) is 2.43. The van der Waals surface area contributed by atoms with Crippen LogP contribution in [0.25, 0.3) is 0 Å². The van der Waals surface area contributed by atoms with E-state index >= 15 is 0 Å². The summed E-state index contributed by atoms with van der Waals surface area (Å²) in [4.78, 5) is 14.1. The lowest BCUT2D eigenvalue weighted by Crippen LogP contribution is -2.15. The summed E-state index contributed by atoms with van der Waals surface area (Å²) in [7, 11) is 5.49. The molecule has 0 aliphatic heterocycles. The molecule has 0 amide bonds. The summed E-state index contributed by atoms with van der Waals surface area (Å²) in [6.07, 6.45) is 0. The fourth-order valence-corrected chi connectivity index (χ4v) is 0.851. The highest BCUT2D eigenvalue weighted by Gasteiger charge is 2.06. The van der Waals surface area contributed by atoms with Crippen molar-refractivity contribution >= 4 is 11.9 Å². The first-order valence-electron chi connectivity index (χ1n) is 4.41. The Hall–Kier alpha value is -1.59. The average molecular weight is 197 g/mol. The van der Waals surface area contributed by atoms with Crippen LogP contribution in [0, 0.1) is 0 Å². The second kappa shape index (κ2) is 4.59. The zero-order valence-electron chi connectivity index (χ0n) is 8.90. The molecule has 0 aromatic carbocycles. The second-order valence-corrected chi connectivity index (χ2v) is 2.82. The lowest BCUT2D eigenvalue weighted by atomic mass is 10.7. The minimum Gasteiger partial charge on any atom is -0.464 e. The summed E-state index contributed by atoms with van der Waals surface area (Å²) in [5.74, 6) is 1.08. The Bertz CT molecular complexity index is 302. The Morgan fingerprint density at radius 1 is 1.29 bits per heavy atom. The van der Waals surface area contributed by atoms with Crippen molar-refractivity contribution in [3.63, 3.8) is 0 Å². The zero-order valence-corrected chi connectivity index (χ0v) is 8.90. The third-order valence-corrected chi connectivity index (χ3v) is 1.50. The summed E-state index contributed by atoms with van der Waals surface area (Å²) in [5.41, 5.74) is 0. The van der Waals surface area contributed by atoms with Gasteiger partial charge in [0, 0.05) is 21.1 Å². The van der Waals surface area contributed by atoms with Crippen molar-refractivity contribution in [1.29, 1.82) is 0 Å². The van der Waals surface area contributed by atoms with Crippen molar-refractivity contribution in [3.8, 4) is 6.01 Å². The highest BCUT2D eigenvalue weighted by Crippen LogP contribution is 2.12. The standard InChI is InChI=1S/C8H15N5O/c1-5-14-8-11-6(9-2)10-7(12-8)13(3)4/h5H2,1-4H3,(H,9,10,11,12). The summed E-state index contributed by atoms with van der Waals surface area (Å²) in [6, 6.07) is 0.343. The number of hydrogen-bond acceptors (Lipinski definition) is 6. The summed E-state index contributed by atoms with van der Waals surface area (Å²) in [5, 5.41) is 2.85. The van der Waals surface area contributed by atoms with E-state index in [1.807, 2.05) is 21.0 Å². The van der Waals surface area contributed by atoms with Crippen LogP contribution < -0.4 is 15.0 Å². The first-order chi connectivity index (χ1) is 6.67. The normalized spacial score (nSPS) is 9.71. The maximum Gasteiger partial charge on any atom is 0.323 e. The molecule has 0 saturated heterocycles. The molecular formula is C8H15N5O. The third-order valence-electron chi connectivity index (χ3n) is 1.50. The number of nitrogens with zero attached hydrogens (tertiary/aromatic N) is 4. The molecule has 1 aromatic rings. The van der Waals surface area contributed by atoms with E-state index in [4.69, 9.17) is 4.74 Å². The molecule has 6 nitrogen and oxygen atoms in total. The van der Waals surface area contributed by atoms with Crippen molar-refractivity contribution in [2.45, 2.75) is 6.92 Å². The quantitative estimate of drug-likeness (QED) is 0.752. The Balaban J connectivity index is 3.00. The van der Waals surface area contributed by atoms with Gasteiger partial charge in [0.05, 0.1) is 6.61 Å². The highest BCUT2D eigenvalue weighted by atomic mass is 16.5. The van der Waals surface area contributed by atoms with Gasteiger partial charge >= 0.3 is 6.01 Å². The van der Waals surface area contributed by atoms with Gasteiger partial charge in [0.2, 0.25) is 11.9 Å². The van der Waals surface area contributed by atoms with E-state index in [1.165, 1.54) is 0 Å². The molecule has 1 heterocycles. The number of nitrogens with one attached hydrogen (secondary N) is 1. The molecule has 0 spiro atoms. The largest absolute Gasteiger partial charge is 0.464 e. The van der Waals surface area contributed by atoms with Gasteiger partial charge in [-0.15, -0.1) is 0 Å². The molecule has 0 fully saturated rings. The molecule has 0 aliphatic rings.